The van der Waals surface area contributed by atoms with E-state index in [9.17, 15) is 10.1 Å². The van der Waals surface area contributed by atoms with Gasteiger partial charge in [0, 0.05) is 18.7 Å². The molecule has 1 aliphatic carbocycles. The number of hydrogen-bond donors (Lipinski definition) is 1. The number of hydrogen-bond acceptors (Lipinski definition) is 4. The van der Waals surface area contributed by atoms with Gasteiger partial charge in [-0.05, 0) is 30.4 Å². The molecule has 0 bridgehead atoms. The Hall–Kier alpha value is -1.62. The minimum atomic E-state index is -0.374. The Kier molecular flexibility index (Phi) is 4.37. The summed E-state index contributed by atoms with van der Waals surface area (Å²) in [6.07, 6.45) is 2.34. The highest BCUT2D eigenvalue weighted by Gasteiger charge is 2.24. The monoisotopic (exact) mass is 264 g/mol. The zero-order valence-electron chi connectivity index (χ0n) is 11.4. The normalized spacial score (nSPS) is 14.7. The third kappa shape index (κ3) is 4.21. The summed E-state index contributed by atoms with van der Waals surface area (Å²) >= 11 is 0. The lowest BCUT2D eigenvalue weighted by molar-refractivity contribution is -0.385. The summed E-state index contributed by atoms with van der Waals surface area (Å²) in [4.78, 5) is 10.7. The molecule has 5 nitrogen and oxygen atoms in total. The van der Waals surface area contributed by atoms with Crippen LogP contribution in [-0.4, -0.2) is 17.6 Å². The SMILES string of the molecule is CC(C)NCc1ccc(OCC2CC2)c([N+](=O)[O-])c1. The van der Waals surface area contributed by atoms with Crippen LogP contribution in [0.15, 0.2) is 18.2 Å². The average molecular weight is 264 g/mol. The van der Waals surface area contributed by atoms with Crippen LogP contribution < -0.4 is 10.1 Å². The van der Waals surface area contributed by atoms with Crippen LogP contribution in [0.4, 0.5) is 5.69 Å². The van der Waals surface area contributed by atoms with E-state index in [1.165, 1.54) is 12.8 Å². The Bertz CT molecular complexity index is 456. The van der Waals surface area contributed by atoms with Crippen molar-refractivity contribution in [3.05, 3.63) is 33.9 Å². The molecule has 1 fully saturated rings. The van der Waals surface area contributed by atoms with E-state index in [0.717, 1.165) is 5.56 Å². The van der Waals surface area contributed by atoms with Gasteiger partial charge in [0.1, 0.15) is 0 Å². The molecule has 104 valence electrons. The van der Waals surface area contributed by atoms with E-state index >= 15 is 0 Å². The average Bonchev–Trinajstić information content (AvgIpc) is 3.18. The Morgan fingerprint density at radius 2 is 2.21 bits per heavy atom. The molecular weight excluding hydrogens is 244 g/mol. The fourth-order valence-electron chi connectivity index (χ4n) is 1.75. The van der Waals surface area contributed by atoms with E-state index in [-0.39, 0.29) is 10.6 Å². The highest BCUT2D eigenvalue weighted by atomic mass is 16.6. The molecule has 0 atom stereocenters. The van der Waals surface area contributed by atoms with Crippen LogP contribution in [0.3, 0.4) is 0 Å². The molecule has 0 unspecified atom stereocenters. The Labute approximate surface area is 113 Å². The van der Waals surface area contributed by atoms with Crippen molar-refractivity contribution in [2.75, 3.05) is 6.61 Å². The molecule has 0 heterocycles. The van der Waals surface area contributed by atoms with E-state index in [1.54, 1.807) is 12.1 Å². The van der Waals surface area contributed by atoms with Crippen LogP contribution in [0.1, 0.15) is 32.3 Å². The first kappa shape index (κ1) is 13.8. The Morgan fingerprint density at radius 3 is 2.79 bits per heavy atom. The molecule has 0 radical (unpaired) electrons. The molecule has 5 heteroatoms. The molecule has 0 amide bonds. The number of nitrogens with one attached hydrogen (secondary N) is 1. The van der Waals surface area contributed by atoms with E-state index in [0.29, 0.717) is 30.9 Å². The zero-order valence-corrected chi connectivity index (χ0v) is 11.4. The van der Waals surface area contributed by atoms with Crippen molar-refractivity contribution in [1.82, 2.24) is 5.32 Å². The van der Waals surface area contributed by atoms with Crippen LogP contribution in [-0.2, 0) is 6.54 Å². The first-order valence-corrected chi connectivity index (χ1v) is 6.69. The number of rotatable bonds is 7. The maximum Gasteiger partial charge on any atom is 0.311 e. The lowest BCUT2D eigenvalue weighted by Gasteiger charge is -2.10. The zero-order chi connectivity index (χ0) is 13.8. The number of nitro benzene ring substituents is 1. The fraction of sp³-hybridized carbons (Fsp3) is 0.571. The highest BCUT2D eigenvalue weighted by molar-refractivity contribution is 5.48. The summed E-state index contributed by atoms with van der Waals surface area (Å²) < 4.78 is 5.54. The number of nitrogens with zero attached hydrogens (tertiary/aromatic N) is 1. The van der Waals surface area contributed by atoms with Crippen molar-refractivity contribution in [3.8, 4) is 5.75 Å². The molecule has 1 aromatic carbocycles. The van der Waals surface area contributed by atoms with Crippen molar-refractivity contribution in [1.29, 1.82) is 0 Å². The Balaban J connectivity index is 2.07. The van der Waals surface area contributed by atoms with E-state index < -0.39 is 0 Å². The van der Waals surface area contributed by atoms with Crippen LogP contribution >= 0.6 is 0 Å². The van der Waals surface area contributed by atoms with Crippen LogP contribution in [0.5, 0.6) is 5.75 Å². The molecule has 1 aromatic rings. The topological polar surface area (TPSA) is 64.4 Å². The molecular formula is C14H20N2O3. The molecule has 0 spiro atoms. The predicted octanol–water partition coefficient (Wildman–Crippen LogP) is 2.88. The molecule has 1 saturated carbocycles. The molecule has 19 heavy (non-hydrogen) atoms. The summed E-state index contributed by atoms with van der Waals surface area (Å²) in [5.74, 6) is 0.965. The van der Waals surface area contributed by atoms with Gasteiger partial charge >= 0.3 is 5.69 Å². The van der Waals surface area contributed by atoms with Gasteiger partial charge in [-0.25, -0.2) is 0 Å². The third-order valence-electron chi connectivity index (χ3n) is 3.11. The van der Waals surface area contributed by atoms with Crippen molar-refractivity contribution < 1.29 is 9.66 Å². The number of benzene rings is 1. The fourth-order valence-corrected chi connectivity index (χ4v) is 1.75. The molecule has 0 aromatic heterocycles. The smallest absolute Gasteiger partial charge is 0.311 e. The summed E-state index contributed by atoms with van der Waals surface area (Å²) in [5, 5.41) is 14.3. The van der Waals surface area contributed by atoms with E-state index in [4.69, 9.17) is 4.74 Å². The maximum atomic E-state index is 11.1. The summed E-state index contributed by atoms with van der Waals surface area (Å²) in [6.45, 7) is 5.30. The van der Waals surface area contributed by atoms with Gasteiger partial charge in [-0.3, -0.25) is 10.1 Å². The number of nitro groups is 1. The lowest BCUT2D eigenvalue weighted by atomic mass is 10.1. The van der Waals surface area contributed by atoms with Crippen LogP contribution in [0.25, 0.3) is 0 Å². The van der Waals surface area contributed by atoms with Gasteiger partial charge < -0.3 is 10.1 Å². The van der Waals surface area contributed by atoms with Crippen molar-refractivity contribution in [2.45, 2.75) is 39.3 Å². The highest BCUT2D eigenvalue weighted by Crippen LogP contribution is 2.33. The standard InChI is InChI=1S/C14H20N2O3/c1-10(2)15-8-12-5-6-14(13(7-12)16(17)18)19-9-11-3-4-11/h5-7,10-11,15H,3-4,8-9H2,1-2H3. The molecule has 0 saturated heterocycles. The first-order chi connectivity index (χ1) is 9.06. The maximum absolute atomic E-state index is 11.1. The van der Waals surface area contributed by atoms with E-state index in [2.05, 4.69) is 5.32 Å². The van der Waals surface area contributed by atoms with Crippen LogP contribution in [0, 0.1) is 16.0 Å². The quantitative estimate of drug-likeness (QED) is 0.607. The predicted molar refractivity (Wildman–Crippen MR) is 73.3 cm³/mol. The summed E-state index contributed by atoms with van der Waals surface area (Å²) in [5.41, 5.74) is 0.961. The lowest BCUT2D eigenvalue weighted by Crippen LogP contribution is -2.21. The van der Waals surface area contributed by atoms with Gasteiger partial charge in [-0.1, -0.05) is 19.9 Å². The van der Waals surface area contributed by atoms with Gasteiger partial charge in [0.15, 0.2) is 5.75 Å². The largest absolute Gasteiger partial charge is 0.487 e. The minimum absolute atomic E-state index is 0.0590. The molecule has 1 aliphatic rings. The molecule has 2 rings (SSSR count). The second-order valence-corrected chi connectivity index (χ2v) is 5.35. The van der Waals surface area contributed by atoms with Gasteiger partial charge in [-0.15, -0.1) is 0 Å². The van der Waals surface area contributed by atoms with Gasteiger partial charge in [0.2, 0.25) is 0 Å². The van der Waals surface area contributed by atoms with Crippen molar-refractivity contribution >= 4 is 5.69 Å². The number of ether oxygens (including phenoxy) is 1. The molecule has 0 aliphatic heterocycles. The van der Waals surface area contributed by atoms with Gasteiger partial charge in [0.05, 0.1) is 11.5 Å². The summed E-state index contributed by atoms with van der Waals surface area (Å²) in [7, 11) is 0. The van der Waals surface area contributed by atoms with Gasteiger partial charge in [0.25, 0.3) is 0 Å². The Morgan fingerprint density at radius 1 is 1.47 bits per heavy atom. The second-order valence-electron chi connectivity index (χ2n) is 5.35. The van der Waals surface area contributed by atoms with Gasteiger partial charge in [-0.2, -0.15) is 0 Å². The minimum Gasteiger partial charge on any atom is -0.487 e. The van der Waals surface area contributed by atoms with Crippen molar-refractivity contribution in [3.63, 3.8) is 0 Å². The third-order valence-corrected chi connectivity index (χ3v) is 3.11. The van der Waals surface area contributed by atoms with Crippen molar-refractivity contribution in [2.24, 2.45) is 5.92 Å². The second kappa shape index (κ2) is 6.02. The summed E-state index contributed by atoms with van der Waals surface area (Å²) in [6, 6.07) is 5.53. The van der Waals surface area contributed by atoms with E-state index in [1.807, 2.05) is 19.9 Å². The van der Waals surface area contributed by atoms with Crippen LogP contribution in [0.2, 0.25) is 0 Å². The first-order valence-electron chi connectivity index (χ1n) is 6.69. The molecule has 1 N–H and O–H groups in total.